The molecule has 0 saturated carbocycles. The minimum absolute atomic E-state index is 0.813. The van der Waals surface area contributed by atoms with Gasteiger partial charge >= 0.3 is 0 Å². The molecular weight excluding hydrogens is 512 g/mol. The summed E-state index contributed by atoms with van der Waals surface area (Å²) in [6.07, 6.45) is 1.83. The first-order chi connectivity index (χ1) is 20.8. The van der Waals surface area contributed by atoms with Crippen LogP contribution in [0, 0.1) is 0 Å². The molecule has 0 fully saturated rings. The molecule has 0 unspecified atom stereocenters. The molecule has 0 aliphatic carbocycles. The third kappa shape index (κ3) is 4.20. The van der Waals surface area contributed by atoms with Crippen molar-refractivity contribution >= 4 is 49.9 Å². The Hall–Kier alpha value is -5.67. The second-order valence-electron chi connectivity index (χ2n) is 10.5. The molecule has 0 atom stereocenters. The predicted molar refractivity (Wildman–Crippen MR) is 175 cm³/mol. The van der Waals surface area contributed by atoms with Crippen LogP contribution in [0.5, 0.6) is 0 Å². The molecule has 2 aromatic heterocycles. The first-order valence-electron chi connectivity index (χ1n) is 14.1. The zero-order chi connectivity index (χ0) is 27.9. The summed E-state index contributed by atoms with van der Waals surface area (Å²) in [5.41, 5.74) is 10.6. The lowest BCUT2D eigenvalue weighted by molar-refractivity contribution is 0.668. The van der Waals surface area contributed by atoms with Gasteiger partial charge in [-0.3, -0.25) is 4.98 Å². The van der Waals surface area contributed by atoms with E-state index in [4.69, 9.17) is 4.42 Å². The Bertz CT molecular complexity index is 2170. The van der Waals surface area contributed by atoms with Crippen molar-refractivity contribution in [3.8, 4) is 22.3 Å². The SMILES string of the molecule is c1ccc(-c2ccc(N(c3ccccc3)c3ccc(-c4ccc5ccc6oc7cccnc7c6c5c4)cc3)cc2)cc1. The molecule has 0 aliphatic heterocycles. The van der Waals surface area contributed by atoms with Gasteiger partial charge in [-0.2, -0.15) is 0 Å². The number of para-hydroxylation sites is 1. The standard InChI is InChI=1S/C39H26N2O/c1-3-8-27(9-4-1)28-15-20-33(21-16-28)41(32-10-5-2-6-11-32)34-22-17-29(18-23-34)31-14-13-30-19-24-36-38(35(30)26-31)39-37(42-36)12-7-25-40-39/h1-26H. The van der Waals surface area contributed by atoms with E-state index in [1.807, 2.05) is 30.5 Å². The number of nitrogens with zero attached hydrogens (tertiary/aromatic N) is 2. The van der Waals surface area contributed by atoms with E-state index < -0.39 is 0 Å². The maximum atomic E-state index is 6.10. The number of pyridine rings is 1. The van der Waals surface area contributed by atoms with Gasteiger partial charge in [0.15, 0.2) is 5.58 Å². The predicted octanol–water partition coefficient (Wildman–Crippen LogP) is 10.9. The Balaban J connectivity index is 1.19. The molecule has 0 bridgehead atoms. The van der Waals surface area contributed by atoms with Gasteiger partial charge in [0, 0.05) is 23.3 Å². The number of fused-ring (bicyclic) bond motifs is 5. The molecule has 42 heavy (non-hydrogen) atoms. The summed E-state index contributed by atoms with van der Waals surface area (Å²) in [7, 11) is 0. The minimum atomic E-state index is 0.813. The summed E-state index contributed by atoms with van der Waals surface area (Å²) < 4.78 is 6.10. The number of hydrogen-bond donors (Lipinski definition) is 0. The normalized spacial score (nSPS) is 11.3. The fourth-order valence-electron chi connectivity index (χ4n) is 5.85. The molecular formula is C39H26N2O. The summed E-state index contributed by atoms with van der Waals surface area (Å²) in [5, 5.41) is 3.39. The Morgan fingerprint density at radius 1 is 0.452 bits per heavy atom. The summed E-state index contributed by atoms with van der Waals surface area (Å²) in [4.78, 5) is 6.93. The van der Waals surface area contributed by atoms with Gasteiger partial charge in [0.25, 0.3) is 0 Å². The second-order valence-corrected chi connectivity index (χ2v) is 10.5. The van der Waals surface area contributed by atoms with E-state index in [0.29, 0.717) is 0 Å². The van der Waals surface area contributed by atoms with Crippen LogP contribution in [0.1, 0.15) is 0 Å². The van der Waals surface area contributed by atoms with Crippen molar-refractivity contribution in [3.05, 3.63) is 158 Å². The highest BCUT2D eigenvalue weighted by atomic mass is 16.3. The molecule has 0 N–H and O–H groups in total. The van der Waals surface area contributed by atoms with Crippen LogP contribution in [0.2, 0.25) is 0 Å². The zero-order valence-corrected chi connectivity index (χ0v) is 22.8. The second kappa shape index (κ2) is 10.1. The fraction of sp³-hybridized carbons (Fsp3) is 0. The van der Waals surface area contributed by atoms with Crippen LogP contribution in [0.25, 0.3) is 55.1 Å². The average Bonchev–Trinajstić information content (AvgIpc) is 3.46. The van der Waals surface area contributed by atoms with Crippen LogP contribution >= 0.6 is 0 Å². The fourth-order valence-corrected chi connectivity index (χ4v) is 5.85. The maximum Gasteiger partial charge on any atom is 0.153 e. The van der Waals surface area contributed by atoms with Crippen LogP contribution in [0.3, 0.4) is 0 Å². The van der Waals surface area contributed by atoms with Crippen LogP contribution in [0.4, 0.5) is 17.1 Å². The zero-order valence-electron chi connectivity index (χ0n) is 22.8. The van der Waals surface area contributed by atoms with Crippen molar-refractivity contribution < 1.29 is 4.42 Å². The van der Waals surface area contributed by atoms with E-state index in [2.05, 4.69) is 137 Å². The van der Waals surface area contributed by atoms with Gasteiger partial charge in [0.05, 0.1) is 5.39 Å². The topological polar surface area (TPSA) is 29.3 Å². The first kappa shape index (κ1) is 24.2. The van der Waals surface area contributed by atoms with E-state index in [0.717, 1.165) is 55.6 Å². The van der Waals surface area contributed by atoms with E-state index in [9.17, 15) is 0 Å². The molecule has 8 rings (SSSR count). The lowest BCUT2D eigenvalue weighted by Gasteiger charge is -2.26. The van der Waals surface area contributed by atoms with Crippen LogP contribution in [-0.4, -0.2) is 4.98 Å². The molecule has 2 heterocycles. The van der Waals surface area contributed by atoms with Crippen molar-refractivity contribution in [2.75, 3.05) is 4.90 Å². The minimum Gasteiger partial charge on any atom is -0.454 e. The lowest BCUT2D eigenvalue weighted by Crippen LogP contribution is -2.09. The number of benzene rings is 6. The summed E-state index contributed by atoms with van der Waals surface area (Å²) >= 11 is 0. The number of rotatable bonds is 5. The molecule has 0 radical (unpaired) electrons. The average molecular weight is 539 g/mol. The number of hydrogen-bond acceptors (Lipinski definition) is 3. The van der Waals surface area contributed by atoms with Crippen LogP contribution in [-0.2, 0) is 0 Å². The summed E-state index contributed by atoms with van der Waals surface area (Å²) in [5.74, 6) is 0. The largest absolute Gasteiger partial charge is 0.454 e. The third-order valence-corrected chi connectivity index (χ3v) is 7.92. The van der Waals surface area contributed by atoms with E-state index >= 15 is 0 Å². The molecule has 198 valence electrons. The van der Waals surface area contributed by atoms with Crippen molar-refractivity contribution in [2.24, 2.45) is 0 Å². The molecule has 3 nitrogen and oxygen atoms in total. The monoisotopic (exact) mass is 538 g/mol. The van der Waals surface area contributed by atoms with Gasteiger partial charge in [-0.15, -0.1) is 0 Å². The summed E-state index contributed by atoms with van der Waals surface area (Å²) in [6, 6.07) is 53.3. The van der Waals surface area contributed by atoms with Crippen LogP contribution < -0.4 is 4.90 Å². The van der Waals surface area contributed by atoms with E-state index in [-0.39, 0.29) is 0 Å². The molecule has 3 heteroatoms. The smallest absolute Gasteiger partial charge is 0.153 e. The Kier molecular flexibility index (Phi) is 5.79. The van der Waals surface area contributed by atoms with Gasteiger partial charge < -0.3 is 9.32 Å². The van der Waals surface area contributed by atoms with Gasteiger partial charge in [0.1, 0.15) is 11.1 Å². The van der Waals surface area contributed by atoms with E-state index in [1.165, 1.54) is 16.5 Å². The van der Waals surface area contributed by atoms with Gasteiger partial charge in [-0.1, -0.05) is 91.0 Å². The van der Waals surface area contributed by atoms with E-state index in [1.54, 1.807) is 0 Å². The Morgan fingerprint density at radius 2 is 1.02 bits per heavy atom. The molecule has 0 aliphatic rings. The molecule has 0 saturated heterocycles. The highest BCUT2D eigenvalue weighted by molar-refractivity contribution is 6.18. The number of anilines is 3. The van der Waals surface area contributed by atoms with Crippen molar-refractivity contribution in [1.82, 2.24) is 4.98 Å². The number of furan rings is 1. The first-order valence-corrected chi connectivity index (χ1v) is 14.1. The Morgan fingerprint density at radius 3 is 1.74 bits per heavy atom. The number of aromatic nitrogens is 1. The molecule has 0 amide bonds. The van der Waals surface area contributed by atoms with Crippen LogP contribution in [0.15, 0.2) is 162 Å². The quantitative estimate of drug-likeness (QED) is 0.218. The van der Waals surface area contributed by atoms with Gasteiger partial charge in [-0.05, 0) is 93.7 Å². The highest BCUT2D eigenvalue weighted by Crippen LogP contribution is 2.38. The molecule has 0 spiro atoms. The van der Waals surface area contributed by atoms with Crippen molar-refractivity contribution in [2.45, 2.75) is 0 Å². The summed E-state index contributed by atoms with van der Waals surface area (Å²) in [6.45, 7) is 0. The van der Waals surface area contributed by atoms with Gasteiger partial charge in [-0.25, -0.2) is 0 Å². The van der Waals surface area contributed by atoms with Crippen molar-refractivity contribution in [1.29, 1.82) is 0 Å². The highest BCUT2D eigenvalue weighted by Gasteiger charge is 2.15. The molecule has 6 aromatic carbocycles. The Labute approximate surface area is 243 Å². The van der Waals surface area contributed by atoms with Gasteiger partial charge in [0.2, 0.25) is 0 Å². The van der Waals surface area contributed by atoms with Crippen molar-refractivity contribution in [3.63, 3.8) is 0 Å². The maximum absolute atomic E-state index is 6.10. The third-order valence-electron chi connectivity index (χ3n) is 7.92. The lowest BCUT2D eigenvalue weighted by atomic mass is 9.98. The molecule has 8 aromatic rings.